The summed E-state index contributed by atoms with van der Waals surface area (Å²) in [6.07, 6.45) is 6.89. The maximum Gasteiger partial charge on any atom is 0.318 e. The first kappa shape index (κ1) is 18.1. The van der Waals surface area contributed by atoms with Gasteiger partial charge in [-0.3, -0.25) is 9.97 Å². The lowest BCUT2D eigenvalue weighted by Gasteiger charge is -2.22. The Hall–Kier alpha value is -3.29. The van der Waals surface area contributed by atoms with Gasteiger partial charge in [-0.15, -0.1) is 0 Å². The highest BCUT2D eigenvalue weighted by Gasteiger charge is 2.34. The van der Waals surface area contributed by atoms with Gasteiger partial charge >= 0.3 is 6.03 Å². The van der Waals surface area contributed by atoms with Crippen molar-refractivity contribution in [2.75, 3.05) is 6.54 Å². The van der Waals surface area contributed by atoms with Gasteiger partial charge in [0.25, 0.3) is 0 Å². The second-order valence-corrected chi connectivity index (χ2v) is 6.96. The van der Waals surface area contributed by atoms with E-state index in [1.54, 1.807) is 17.3 Å². The van der Waals surface area contributed by atoms with Gasteiger partial charge in [0, 0.05) is 42.9 Å². The van der Waals surface area contributed by atoms with E-state index in [0.717, 1.165) is 35.2 Å². The van der Waals surface area contributed by atoms with E-state index >= 15 is 0 Å². The Balaban J connectivity index is 1.44. The van der Waals surface area contributed by atoms with E-state index < -0.39 is 0 Å². The van der Waals surface area contributed by atoms with Crippen molar-refractivity contribution in [2.24, 2.45) is 0 Å². The van der Waals surface area contributed by atoms with Crippen LogP contribution in [0, 0.1) is 13.8 Å². The van der Waals surface area contributed by atoms with Crippen molar-refractivity contribution in [1.82, 2.24) is 30.3 Å². The molecule has 0 aromatic carbocycles. The van der Waals surface area contributed by atoms with Crippen molar-refractivity contribution < 1.29 is 9.32 Å². The first-order chi connectivity index (χ1) is 13.6. The Morgan fingerprint density at radius 1 is 1.36 bits per heavy atom. The van der Waals surface area contributed by atoms with E-state index in [9.17, 15) is 4.79 Å². The molecule has 0 aliphatic carbocycles. The monoisotopic (exact) mass is 378 g/mol. The third-order valence-electron chi connectivity index (χ3n) is 4.95. The van der Waals surface area contributed by atoms with Crippen LogP contribution in [0.15, 0.2) is 41.3 Å². The van der Waals surface area contributed by atoms with Crippen LogP contribution in [0.25, 0.3) is 11.4 Å². The summed E-state index contributed by atoms with van der Waals surface area (Å²) in [6.45, 7) is 5.07. The molecule has 0 saturated carbocycles. The number of nitrogens with one attached hydrogen (secondary N) is 1. The molecule has 1 N–H and O–H groups in total. The first-order valence-corrected chi connectivity index (χ1v) is 9.32. The molecule has 1 fully saturated rings. The second kappa shape index (κ2) is 7.75. The van der Waals surface area contributed by atoms with Crippen LogP contribution in [0.1, 0.15) is 41.6 Å². The molecule has 0 bridgehead atoms. The van der Waals surface area contributed by atoms with Crippen LogP contribution in [-0.4, -0.2) is 37.6 Å². The molecule has 3 aromatic rings. The van der Waals surface area contributed by atoms with Gasteiger partial charge in [-0.05, 0) is 56.0 Å². The SMILES string of the molecule is Cc1cc(C)c(CNC(=O)N2CCC[C@H]2c2nc(-c3cccnc3)no2)cn1. The second-order valence-electron chi connectivity index (χ2n) is 6.96. The lowest BCUT2D eigenvalue weighted by molar-refractivity contribution is 0.180. The van der Waals surface area contributed by atoms with Crippen molar-refractivity contribution in [3.05, 3.63) is 59.5 Å². The normalized spacial score (nSPS) is 16.4. The number of urea groups is 1. The van der Waals surface area contributed by atoms with Crippen LogP contribution in [0.5, 0.6) is 0 Å². The molecule has 1 aliphatic rings. The van der Waals surface area contributed by atoms with Crippen molar-refractivity contribution in [3.8, 4) is 11.4 Å². The molecular weight excluding hydrogens is 356 g/mol. The van der Waals surface area contributed by atoms with Crippen molar-refractivity contribution >= 4 is 6.03 Å². The predicted octanol–water partition coefficient (Wildman–Crippen LogP) is 3.19. The molecule has 4 heterocycles. The number of rotatable bonds is 4. The molecule has 1 atom stereocenters. The zero-order valence-corrected chi connectivity index (χ0v) is 15.9. The number of hydrogen-bond donors (Lipinski definition) is 1. The highest BCUT2D eigenvalue weighted by Crippen LogP contribution is 2.32. The minimum absolute atomic E-state index is 0.136. The quantitative estimate of drug-likeness (QED) is 0.749. The molecule has 144 valence electrons. The van der Waals surface area contributed by atoms with E-state index in [0.29, 0.717) is 24.8 Å². The molecule has 3 aromatic heterocycles. The summed E-state index contributed by atoms with van der Waals surface area (Å²) in [5, 5.41) is 7.03. The number of likely N-dealkylation sites (tertiary alicyclic amines) is 1. The molecule has 1 aliphatic heterocycles. The highest BCUT2D eigenvalue weighted by molar-refractivity contribution is 5.75. The van der Waals surface area contributed by atoms with Gasteiger partial charge in [0.2, 0.25) is 11.7 Å². The molecule has 8 nitrogen and oxygen atoms in total. The topological polar surface area (TPSA) is 97.0 Å². The molecule has 0 unspecified atom stereocenters. The van der Waals surface area contributed by atoms with Crippen LogP contribution in [0.3, 0.4) is 0 Å². The van der Waals surface area contributed by atoms with E-state index in [4.69, 9.17) is 4.52 Å². The summed E-state index contributed by atoms with van der Waals surface area (Å²) in [4.78, 5) is 27.4. The van der Waals surface area contributed by atoms with E-state index in [1.165, 1.54) is 0 Å². The fourth-order valence-electron chi connectivity index (χ4n) is 3.43. The zero-order chi connectivity index (χ0) is 19.5. The molecule has 28 heavy (non-hydrogen) atoms. The summed E-state index contributed by atoms with van der Waals surface area (Å²) in [5.41, 5.74) is 3.87. The van der Waals surface area contributed by atoms with Gasteiger partial charge in [0.15, 0.2) is 0 Å². The van der Waals surface area contributed by atoms with Gasteiger partial charge < -0.3 is 14.7 Å². The van der Waals surface area contributed by atoms with Crippen LogP contribution in [0.4, 0.5) is 4.79 Å². The fraction of sp³-hybridized carbons (Fsp3) is 0.350. The van der Waals surface area contributed by atoms with E-state index in [2.05, 4.69) is 25.4 Å². The molecule has 0 spiro atoms. The van der Waals surface area contributed by atoms with Crippen molar-refractivity contribution in [3.63, 3.8) is 0 Å². The van der Waals surface area contributed by atoms with E-state index in [1.807, 2.05) is 38.2 Å². The number of pyridine rings is 2. The zero-order valence-electron chi connectivity index (χ0n) is 15.9. The molecule has 8 heteroatoms. The number of amides is 2. The smallest absolute Gasteiger partial charge is 0.318 e. The number of aromatic nitrogens is 4. The summed E-state index contributed by atoms with van der Waals surface area (Å²) in [5.74, 6) is 0.941. The number of hydrogen-bond acceptors (Lipinski definition) is 6. The van der Waals surface area contributed by atoms with E-state index in [-0.39, 0.29) is 12.1 Å². The van der Waals surface area contributed by atoms with Crippen LogP contribution >= 0.6 is 0 Å². The summed E-state index contributed by atoms with van der Waals surface area (Å²) in [6, 6.07) is 5.36. The first-order valence-electron chi connectivity index (χ1n) is 9.32. The Kier molecular flexibility index (Phi) is 5.01. The maximum absolute atomic E-state index is 12.8. The Morgan fingerprint density at radius 3 is 3.04 bits per heavy atom. The Morgan fingerprint density at radius 2 is 2.25 bits per heavy atom. The number of carbonyl (C=O) groups is 1. The summed E-state index contributed by atoms with van der Waals surface area (Å²) < 4.78 is 5.46. The largest absolute Gasteiger partial charge is 0.337 e. The van der Waals surface area contributed by atoms with Gasteiger partial charge in [0.1, 0.15) is 6.04 Å². The third kappa shape index (κ3) is 3.71. The number of carbonyl (C=O) groups excluding carboxylic acids is 1. The highest BCUT2D eigenvalue weighted by atomic mass is 16.5. The summed E-state index contributed by atoms with van der Waals surface area (Å²) in [7, 11) is 0. The molecule has 4 rings (SSSR count). The fourth-order valence-corrected chi connectivity index (χ4v) is 3.43. The maximum atomic E-state index is 12.8. The molecule has 2 amide bonds. The minimum Gasteiger partial charge on any atom is -0.337 e. The third-order valence-corrected chi connectivity index (χ3v) is 4.95. The Bertz CT molecular complexity index is 972. The average Bonchev–Trinajstić information content (AvgIpc) is 3.37. The van der Waals surface area contributed by atoms with Crippen molar-refractivity contribution in [2.45, 2.75) is 39.3 Å². The van der Waals surface area contributed by atoms with Gasteiger partial charge in [-0.1, -0.05) is 5.16 Å². The van der Waals surface area contributed by atoms with Gasteiger partial charge in [-0.2, -0.15) is 4.98 Å². The lowest BCUT2D eigenvalue weighted by Crippen LogP contribution is -2.39. The molecule has 0 radical (unpaired) electrons. The molecular formula is C20H22N6O2. The van der Waals surface area contributed by atoms with Crippen LogP contribution < -0.4 is 5.32 Å². The number of nitrogens with zero attached hydrogens (tertiary/aromatic N) is 5. The number of aryl methyl sites for hydroxylation is 2. The van der Waals surface area contributed by atoms with Gasteiger partial charge in [-0.25, -0.2) is 4.79 Å². The van der Waals surface area contributed by atoms with Gasteiger partial charge in [0.05, 0.1) is 0 Å². The van der Waals surface area contributed by atoms with Crippen LogP contribution in [0.2, 0.25) is 0 Å². The summed E-state index contributed by atoms with van der Waals surface area (Å²) >= 11 is 0. The average molecular weight is 378 g/mol. The minimum atomic E-state index is -0.213. The molecule has 1 saturated heterocycles. The van der Waals surface area contributed by atoms with Crippen molar-refractivity contribution in [1.29, 1.82) is 0 Å². The van der Waals surface area contributed by atoms with Crippen LogP contribution in [-0.2, 0) is 6.54 Å². The lowest BCUT2D eigenvalue weighted by atomic mass is 10.1. The Labute approximate surface area is 163 Å². The predicted molar refractivity (Wildman–Crippen MR) is 102 cm³/mol. The standard InChI is InChI=1S/C20H22N6O2/c1-13-9-14(2)22-11-16(13)12-23-20(27)26-8-4-6-17(26)19-24-18(25-28-19)15-5-3-7-21-10-15/h3,5,7,9-11,17H,4,6,8,12H2,1-2H3,(H,23,27)/t17-/m0/s1.